The highest BCUT2D eigenvalue weighted by Crippen LogP contribution is 2.22. The monoisotopic (exact) mass is 174 g/mol. The molecule has 0 saturated heterocycles. The van der Waals surface area contributed by atoms with E-state index in [1.807, 2.05) is 0 Å². The number of nitro groups is 2. The van der Waals surface area contributed by atoms with Crippen LogP contribution in [0.1, 0.15) is 25.7 Å². The van der Waals surface area contributed by atoms with E-state index in [1.54, 1.807) is 0 Å². The van der Waals surface area contributed by atoms with Crippen LogP contribution in [0.25, 0.3) is 0 Å². The van der Waals surface area contributed by atoms with Crippen molar-refractivity contribution in [3.63, 3.8) is 0 Å². The molecule has 68 valence electrons. The third kappa shape index (κ3) is 1.69. The lowest BCUT2D eigenvalue weighted by molar-refractivity contribution is -0.621. The van der Waals surface area contributed by atoms with Gasteiger partial charge in [0.15, 0.2) is 0 Å². The molecule has 1 aliphatic rings. The van der Waals surface area contributed by atoms with E-state index in [9.17, 15) is 20.2 Å². The third-order valence-electron chi connectivity index (χ3n) is 2.24. The number of nitrogens with zero attached hydrogens (tertiary/aromatic N) is 2. The van der Waals surface area contributed by atoms with Gasteiger partial charge in [-0.05, 0) is 12.8 Å². The molecule has 12 heavy (non-hydrogen) atoms. The SMILES string of the molecule is O=[N+]([O-])C1CCCCC1[N+](=O)[O-]. The van der Waals surface area contributed by atoms with Crippen LogP contribution < -0.4 is 0 Å². The Morgan fingerprint density at radius 3 is 1.50 bits per heavy atom. The average Bonchev–Trinajstić information content (AvgIpc) is 2.04. The Morgan fingerprint density at radius 2 is 1.25 bits per heavy atom. The Hall–Kier alpha value is -1.20. The Morgan fingerprint density at radius 1 is 0.917 bits per heavy atom. The molecule has 0 aliphatic heterocycles. The summed E-state index contributed by atoms with van der Waals surface area (Å²) in [5.41, 5.74) is 0. The molecule has 0 aromatic rings. The van der Waals surface area contributed by atoms with E-state index in [1.165, 1.54) is 0 Å². The first kappa shape index (κ1) is 8.89. The average molecular weight is 174 g/mol. The van der Waals surface area contributed by atoms with Crippen LogP contribution in [0, 0.1) is 20.2 Å². The zero-order valence-corrected chi connectivity index (χ0v) is 6.51. The zero-order chi connectivity index (χ0) is 9.14. The first-order chi connectivity index (χ1) is 5.63. The number of hydrogen-bond donors (Lipinski definition) is 0. The maximum Gasteiger partial charge on any atom is 0.279 e. The summed E-state index contributed by atoms with van der Waals surface area (Å²) >= 11 is 0. The first-order valence-corrected chi connectivity index (χ1v) is 3.90. The summed E-state index contributed by atoms with van der Waals surface area (Å²) in [6.45, 7) is 0. The van der Waals surface area contributed by atoms with Crippen LogP contribution in [-0.4, -0.2) is 21.9 Å². The van der Waals surface area contributed by atoms with Gasteiger partial charge in [0.1, 0.15) is 0 Å². The van der Waals surface area contributed by atoms with Gasteiger partial charge in [-0.15, -0.1) is 0 Å². The summed E-state index contributed by atoms with van der Waals surface area (Å²) in [5.74, 6) is 0. The molecule has 0 heterocycles. The second-order valence-corrected chi connectivity index (χ2v) is 2.99. The smallest absolute Gasteiger partial charge is 0.264 e. The van der Waals surface area contributed by atoms with Gasteiger partial charge in [-0.3, -0.25) is 20.2 Å². The fraction of sp³-hybridized carbons (Fsp3) is 1.00. The summed E-state index contributed by atoms with van der Waals surface area (Å²) in [6.07, 6.45) is 2.16. The molecule has 6 nitrogen and oxygen atoms in total. The summed E-state index contributed by atoms with van der Waals surface area (Å²) in [5, 5.41) is 20.7. The molecule has 0 aromatic heterocycles. The van der Waals surface area contributed by atoms with E-state index in [2.05, 4.69) is 0 Å². The second-order valence-electron chi connectivity index (χ2n) is 2.99. The van der Waals surface area contributed by atoms with E-state index in [0.29, 0.717) is 12.8 Å². The van der Waals surface area contributed by atoms with Crippen LogP contribution in [0.2, 0.25) is 0 Å². The predicted octanol–water partition coefficient (Wildman–Crippen LogP) is 0.851. The van der Waals surface area contributed by atoms with E-state index in [4.69, 9.17) is 0 Å². The molecule has 6 heteroatoms. The highest BCUT2D eigenvalue weighted by atomic mass is 16.6. The minimum absolute atomic E-state index is 0.346. The quantitative estimate of drug-likeness (QED) is 0.458. The van der Waals surface area contributed by atoms with Crippen molar-refractivity contribution >= 4 is 0 Å². The minimum Gasteiger partial charge on any atom is -0.264 e. The van der Waals surface area contributed by atoms with Gasteiger partial charge in [-0.25, -0.2) is 0 Å². The topological polar surface area (TPSA) is 86.3 Å². The third-order valence-corrected chi connectivity index (χ3v) is 2.24. The molecular formula is C6H10N2O4. The standard InChI is InChI=1S/C6H10N2O4/c9-7(10)5-3-1-2-4-6(5)8(11)12/h5-6H,1-4H2. The molecular weight excluding hydrogens is 164 g/mol. The van der Waals surface area contributed by atoms with Crippen LogP contribution in [0.5, 0.6) is 0 Å². The molecule has 2 atom stereocenters. The molecule has 0 N–H and O–H groups in total. The van der Waals surface area contributed by atoms with Crippen molar-refractivity contribution in [2.75, 3.05) is 0 Å². The lowest BCUT2D eigenvalue weighted by Crippen LogP contribution is -2.41. The van der Waals surface area contributed by atoms with Crippen molar-refractivity contribution in [1.82, 2.24) is 0 Å². The minimum atomic E-state index is -0.964. The van der Waals surface area contributed by atoms with Crippen molar-refractivity contribution in [2.24, 2.45) is 0 Å². The van der Waals surface area contributed by atoms with Crippen molar-refractivity contribution in [3.8, 4) is 0 Å². The Kier molecular flexibility index (Phi) is 2.57. The Balaban J connectivity index is 2.67. The van der Waals surface area contributed by atoms with Gasteiger partial charge in [0.05, 0.1) is 0 Å². The lowest BCUT2D eigenvalue weighted by atomic mass is 9.91. The van der Waals surface area contributed by atoms with E-state index >= 15 is 0 Å². The molecule has 0 bridgehead atoms. The maximum absolute atomic E-state index is 10.4. The second kappa shape index (κ2) is 3.46. The summed E-state index contributed by atoms with van der Waals surface area (Å²) < 4.78 is 0. The van der Waals surface area contributed by atoms with Crippen LogP contribution in [0.15, 0.2) is 0 Å². The molecule has 1 fully saturated rings. The predicted molar refractivity (Wildman–Crippen MR) is 40.0 cm³/mol. The normalized spacial score (nSPS) is 29.7. The molecule has 0 aromatic carbocycles. The van der Waals surface area contributed by atoms with Crippen LogP contribution in [0.4, 0.5) is 0 Å². The van der Waals surface area contributed by atoms with Crippen molar-refractivity contribution in [1.29, 1.82) is 0 Å². The first-order valence-electron chi connectivity index (χ1n) is 3.90. The van der Waals surface area contributed by atoms with Crippen LogP contribution in [-0.2, 0) is 0 Å². The fourth-order valence-electron chi connectivity index (χ4n) is 1.58. The number of rotatable bonds is 2. The molecule has 0 amide bonds. The number of hydrogen-bond acceptors (Lipinski definition) is 4. The van der Waals surface area contributed by atoms with Crippen molar-refractivity contribution < 1.29 is 9.85 Å². The van der Waals surface area contributed by atoms with Crippen molar-refractivity contribution in [2.45, 2.75) is 37.8 Å². The highest BCUT2D eigenvalue weighted by molar-refractivity contribution is 4.74. The van der Waals surface area contributed by atoms with Gasteiger partial charge in [0.2, 0.25) is 0 Å². The van der Waals surface area contributed by atoms with Gasteiger partial charge < -0.3 is 0 Å². The van der Waals surface area contributed by atoms with Gasteiger partial charge in [-0.1, -0.05) is 0 Å². The fourth-order valence-corrected chi connectivity index (χ4v) is 1.58. The Bertz CT molecular complexity index is 184. The van der Waals surface area contributed by atoms with Crippen molar-refractivity contribution in [3.05, 3.63) is 20.2 Å². The lowest BCUT2D eigenvalue weighted by Gasteiger charge is -2.18. The summed E-state index contributed by atoms with van der Waals surface area (Å²) in [4.78, 5) is 19.7. The molecule has 2 unspecified atom stereocenters. The summed E-state index contributed by atoms with van der Waals surface area (Å²) in [7, 11) is 0. The van der Waals surface area contributed by atoms with Gasteiger partial charge in [0.25, 0.3) is 12.1 Å². The maximum atomic E-state index is 10.4. The molecule has 0 radical (unpaired) electrons. The van der Waals surface area contributed by atoms with E-state index in [0.717, 1.165) is 12.8 Å². The molecule has 0 spiro atoms. The van der Waals surface area contributed by atoms with E-state index in [-0.39, 0.29) is 0 Å². The van der Waals surface area contributed by atoms with E-state index < -0.39 is 21.9 Å². The highest BCUT2D eigenvalue weighted by Gasteiger charge is 2.42. The van der Waals surface area contributed by atoms with Gasteiger partial charge in [-0.2, -0.15) is 0 Å². The molecule has 1 saturated carbocycles. The van der Waals surface area contributed by atoms with Crippen LogP contribution in [0.3, 0.4) is 0 Å². The van der Waals surface area contributed by atoms with Gasteiger partial charge >= 0.3 is 0 Å². The molecule has 1 aliphatic carbocycles. The summed E-state index contributed by atoms with van der Waals surface area (Å²) in [6, 6.07) is -1.93. The largest absolute Gasteiger partial charge is 0.279 e. The van der Waals surface area contributed by atoms with Gasteiger partial charge in [0, 0.05) is 22.7 Å². The Labute approximate surface area is 68.9 Å². The molecule has 1 rings (SSSR count). The van der Waals surface area contributed by atoms with Crippen LogP contribution >= 0.6 is 0 Å². The zero-order valence-electron chi connectivity index (χ0n) is 6.51.